The van der Waals surface area contributed by atoms with Crippen molar-refractivity contribution in [1.29, 1.82) is 5.26 Å². The highest BCUT2D eigenvalue weighted by Crippen LogP contribution is 2.20. The first-order valence-corrected chi connectivity index (χ1v) is 4.93. The average molecular weight is 188 g/mol. The van der Waals surface area contributed by atoms with E-state index in [1.807, 2.05) is 13.0 Å². The van der Waals surface area contributed by atoms with E-state index >= 15 is 0 Å². The molecule has 72 valence electrons. The molecule has 1 aromatic heterocycles. The fourth-order valence-electron chi connectivity index (χ4n) is 2.13. The van der Waals surface area contributed by atoms with Crippen molar-refractivity contribution < 1.29 is 0 Å². The Bertz CT molecular complexity index is 465. The molecule has 14 heavy (non-hydrogen) atoms. The molecule has 0 saturated carbocycles. The molecule has 0 spiro atoms. The number of aromatic nitrogens is 1. The van der Waals surface area contributed by atoms with E-state index < -0.39 is 0 Å². The van der Waals surface area contributed by atoms with Gasteiger partial charge in [-0.05, 0) is 37.8 Å². The van der Waals surface area contributed by atoms with E-state index in [-0.39, 0.29) is 11.1 Å². The summed E-state index contributed by atoms with van der Waals surface area (Å²) in [4.78, 5) is 11.7. The van der Waals surface area contributed by atoms with Crippen LogP contribution >= 0.6 is 0 Å². The SMILES string of the molecule is CCn1c2c(cc(C#N)c1=O)CCC2. The lowest BCUT2D eigenvalue weighted by atomic mass is 10.1. The number of aryl methyl sites for hydroxylation is 1. The van der Waals surface area contributed by atoms with Crippen LogP contribution in [0.5, 0.6) is 0 Å². The number of nitrogens with zero attached hydrogens (tertiary/aromatic N) is 2. The second kappa shape index (κ2) is 3.30. The molecule has 1 aliphatic carbocycles. The summed E-state index contributed by atoms with van der Waals surface area (Å²) in [6, 6.07) is 3.73. The fraction of sp³-hybridized carbons (Fsp3) is 0.455. The van der Waals surface area contributed by atoms with Crippen LogP contribution in [0, 0.1) is 11.3 Å². The van der Waals surface area contributed by atoms with Crippen molar-refractivity contribution in [2.75, 3.05) is 0 Å². The first-order chi connectivity index (χ1) is 6.77. The van der Waals surface area contributed by atoms with E-state index in [9.17, 15) is 4.79 Å². The second-order valence-electron chi connectivity index (χ2n) is 3.54. The van der Waals surface area contributed by atoms with Gasteiger partial charge in [-0.1, -0.05) is 0 Å². The molecule has 0 unspecified atom stereocenters. The van der Waals surface area contributed by atoms with E-state index in [1.165, 1.54) is 5.56 Å². The van der Waals surface area contributed by atoms with Crippen molar-refractivity contribution in [3.8, 4) is 6.07 Å². The van der Waals surface area contributed by atoms with Crippen molar-refractivity contribution in [2.45, 2.75) is 32.7 Å². The van der Waals surface area contributed by atoms with Crippen LogP contribution in [-0.4, -0.2) is 4.57 Å². The van der Waals surface area contributed by atoms with Crippen LogP contribution in [0.25, 0.3) is 0 Å². The number of nitriles is 1. The Morgan fingerprint density at radius 1 is 1.57 bits per heavy atom. The highest BCUT2D eigenvalue weighted by Gasteiger charge is 2.17. The van der Waals surface area contributed by atoms with Crippen LogP contribution in [0.2, 0.25) is 0 Å². The third-order valence-electron chi connectivity index (χ3n) is 2.79. The molecule has 1 heterocycles. The minimum atomic E-state index is -0.129. The highest BCUT2D eigenvalue weighted by atomic mass is 16.1. The van der Waals surface area contributed by atoms with Crippen molar-refractivity contribution in [2.24, 2.45) is 0 Å². The Kier molecular flexibility index (Phi) is 2.12. The predicted octanol–water partition coefficient (Wildman–Crippen LogP) is 1.23. The lowest BCUT2D eigenvalue weighted by Crippen LogP contribution is -2.25. The summed E-state index contributed by atoms with van der Waals surface area (Å²) < 4.78 is 1.74. The molecule has 3 heteroatoms. The van der Waals surface area contributed by atoms with E-state index in [2.05, 4.69) is 0 Å². The monoisotopic (exact) mass is 188 g/mol. The van der Waals surface area contributed by atoms with Crippen molar-refractivity contribution in [1.82, 2.24) is 4.57 Å². The molecule has 0 N–H and O–H groups in total. The minimum absolute atomic E-state index is 0.129. The zero-order valence-electron chi connectivity index (χ0n) is 8.21. The lowest BCUT2D eigenvalue weighted by molar-refractivity contribution is 0.680. The molecular weight excluding hydrogens is 176 g/mol. The van der Waals surface area contributed by atoms with E-state index in [0.717, 1.165) is 25.0 Å². The van der Waals surface area contributed by atoms with Gasteiger partial charge in [0.1, 0.15) is 11.6 Å². The minimum Gasteiger partial charge on any atom is -0.312 e. The quantitative estimate of drug-likeness (QED) is 0.665. The molecule has 3 nitrogen and oxygen atoms in total. The molecule has 0 bridgehead atoms. The Hall–Kier alpha value is -1.56. The third-order valence-corrected chi connectivity index (χ3v) is 2.79. The van der Waals surface area contributed by atoms with E-state index in [4.69, 9.17) is 5.26 Å². The zero-order valence-corrected chi connectivity index (χ0v) is 8.21. The maximum absolute atomic E-state index is 11.7. The highest BCUT2D eigenvalue weighted by molar-refractivity contribution is 5.36. The van der Waals surface area contributed by atoms with Gasteiger partial charge in [-0.2, -0.15) is 5.26 Å². The van der Waals surface area contributed by atoms with Crippen molar-refractivity contribution in [3.05, 3.63) is 33.2 Å². The van der Waals surface area contributed by atoms with Gasteiger partial charge in [0.15, 0.2) is 0 Å². The Morgan fingerprint density at radius 2 is 2.36 bits per heavy atom. The second-order valence-corrected chi connectivity index (χ2v) is 3.54. The predicted molar refractivity (Wildman–Crippen MR) is 53.1 cm³/mol. The number of fused-ring (bicyclic) bond motifs is 1. The zero-order chi connectivity index (χ0) is 10.1. The fourth-order valence-corrected chi connectivity index (χ4v) is 2.13. The van der Waals surface area contributed by atoms with Crippen LogP contribution in [0.1, 0.15) is 30.2 Å². The van der Waals surface area contributed by atoms with Crippen LogP contribution in [0.15, 0.2) is 10.9 Å². The molecule has 0 saturated heterocycles. The molecule has 0 aromatic carbocycles. The molecule has 1 aliphatic rings. The Morgan fingerprint density at radius 3 is 3.00 bits per heavy atom. The number of hydrogen-bond donors (Lipinski definition) is 0. The van der Waals surface area contributed by atoms with Crippen molar-refractivity contribution >= 4 is 0 Å². The van der Waals surface area contributed by atoms with E-state index in [0.29, 0.717) is 6.54 Å². The van der Waals surface area contributed by atoms with Gasteiger partial charge in [0.25, 0.3) is 5.56 Å². The van der Waals surface area contributed by atoms with Crippen LogP contribution in [-0.2, 0) is 19.4 Å². The summed E-state index contributed by atoms with van der Waals surface area (Å²) in [5.41, 5.74) is 2.47. The maximum atomic E-state index is 11.7. The van der Waals surface area contributed by atoms with Gasteiger partial charge in [-0.25, -0.2) is 0 Å². The van der Waals surface area contributed by atoms with Gasteiger partial charge in [-0.15, -0.1) is 0 Å². The number of hydrogen-bond acceptors (Lipinski definition) is 2. The number of pyridine rings is 1. The third kappa shape index (κ3) is 1.15. The Balaban J connectivity index is 2.75. The molecule has 1 aromatic rings. The number of rotatable bonds is 1. The van der Waals surface area contributed by atoms with Crippen LogP contribution in [0.3, 0.4) is 0 Å². The molecule has 0 aliphatic heterocycles. The molecule has 0 amide bonds. The largest absolute Gasteiger partial charge is 0.312 e. The van der Waals surface area contributed by atoms with Crippen LogP contribution in [0.4, 0.5) is 0 Å². The normalized spacial score (nSPS) is 13.7. The summed E-state index contributed by atoms with van der Waals surface area (Å²) in [6.07, 6.45) is 3.08. The average Bonchev–Trinajstić information content (AvgIpc) is 2.64. The van der Waals surface area contributed by atoms with E-state index in [1.54, 1.807) is 10.6 Å². The molecule has 0 fully saturated rings. The summed E-state index contributed by atoms with van der Waals surface area (Å²) in [5.74, 6) is 0. The van der Waals surface area contributed by atoms with Crippen LogP contribution < -0.4 is 5.56 Å². The standard InChI is InChI=1S/C11H12N2O/c1-2-13-10-5-3-4-8(10)6-9(7-12)11(13)14/h6H,2-5H2,1H3. The molecule has 2 rings (SSSR count). The van der Waals surface area contributed by atoms with Gasteiger partial charge < -0.3 is 4.57 Å². The Labute approximate surface area is 82.6 Å². The summed E-state index contributed by atoms with van der Waals surface area (Å²) in [6.45, 7) is 2.61. The summed E-state index contributed by atoms with van der Waals surface area (Å²) in [5, 5.41) is 8.81. The first kappa shape index (κ1) is 9.01. The molecule has 0 radical (unpaired) electrons. The maximum Gasteiger partial charge on any atom is 0.268 e. The molecule has 0 atom stereocenters. The van der Waals surface area contributed by atoms with Gasteiger partial charge in [0.2, 0.25) is 0 Å². The summed E-state index contributed by atoms with van der Waals surface area (Å²) in [7, 11) is 0. The first-order valence-electron chi connectivity index (χ1n) is 4.93. The van der Waals surface area contributed by atoms with Crippen molar-refractivity contribution in [3.63, 3.8) is 0 Å². The molecular formula is C11H12N2O. The lowest BCUT2D eigenvalue weighted by Gasteiger charge is -2.09. The van der Waals surface area contributed by atoms with Gasteiger partial charge >= 0.3 is 0 Å². The summed E-state index contributed by atoms with van der Waals surface area (Å²) >= 11 is 0. The van der Waals surface area contributed by atoms with Gasteiger partial charge in [-0.3, -0.25) is 4.79 Å². The smallest absolute Gasteiger partial charge is 0.268 e. The topological polar surface area (TPSA) is 45.8 Å². The van der Waals surface area contributed by atoms with Gasteiger partial charge in [0, 0.05) is 12.2 Å². The van der Waals surface area contributed by atoms with Gasteiger partial charge in [0.05, 0.1) is 0 Å².